The Bertz CT molecular complexity index is 1110. The number of likely N-dealkylation sites (tertiary alicyclic amines) is 2. The van der Waals surface area contributed by atoms with E-state index in [0.717, 1.165) is 38.0 Å². The third-order valence-corrected chi connectivity index (χ3v) is 7.81. The van der Waals surface area contributed by atoms with Crippen LogP contribution < -0.4 is 9.64 Å². The first-order chi connectivity index (χ1) is 17.5. The minimum Gasteiger partial charge on any atom is -0.497 e. The molecule has 3 aliphatic heterocycles. The summed E-state index contributed by atoms with van der Waals surface area (Å²) in [7, 11) is 1.58. The molecule has 36 heavy (non-hydrogen) atoms. The van der Waals surface area contributed by atoms with Crippen molar-refractivity contribution in [2.45, 2.75) is 37.6 Å². The van der Waals surface area contributed by atoms with Gasteiger partial charge in [-0.3, -0.25) is 14.4 Å². The Labute approximate surface area is 212 Å². The Morgan fingerprint density at radius 3 is 2.31 bits per heavy atom. The van der Waals surface area contributed by atoms with Crippen molar-refractivity contribution in [2.75, 3.05) is 51.4 Å². The number of carbonyl (C=O) groups is 3. The highest BCUT2D eigenvalue weighted by atomic mass is 16.5. The molecule has 3 saturated heterocycles. The summed E-state index contributed by atoms with van der Waals surface area (Å²) >= 11 is 0. The molecule has 0 aliphatic carbocycles. The van der Waals surface area contributed by atoms with E-state index in [1.165, 1.54) is 0 Å². The lowest BCUT2D eigenvalue weighted by molar-refractivity contribution is -0.141. The van der Waals surface area contributed by atoms with Crippen molar-refractivity contribution in [3.05, 3.63) is 60.2 Å². The van der Waals surface area contributed by atoms with Crippen LogP contribution in [-0.2, 0) is 9.59 Å². The fraction of sp³-hybridized carbons (Fsp3) is 0.464. The highest BCUT2D eigenvalue weighted by Crippen LogP contribution is 2.39. The number of amides is 3. The summed E-state index contributed by atoms with van der Waals surface area (Å²) in [5, 5.41) is 0. The van der Waals surface area contributed by atoms with Crippen molar-refractivity contribution in [3.63, 3.8) is 0 Å². The summed E-state index contributed by atoms with van der Waals surface area (Å²) in [5.74, 6) is 0.603. The lowest BCUT2D eigenvalue weighted by Gasteiger charge is -2.43. The Kier molecular flexibility index (Phi) is 6.85. The number of nitrogens with zero attached hydrogens (tertiary/aromatic N) is 4. The van der Waals surface area contributed by atoms with Gasteiger partial charge in [0.05, 0.1) is 13.8 Å². The molecule has 0 saturated carbocycles. The van der Waals surface area contributed by atoms with Gasteiger partial charge in [-0.05, 0) is 62.4 Å². The molecular weight excluding hydrogens is 456 g/mol. The second kappa shape index (κ2) is 10.2. The standard InChI is InChI=1S/C28H34N4O4/c1-36-24-12-8-9-22(19-24)26(34)30-17-13-28(14-18-30)27(35)31(20-25(33)29-15-6-3-7-16-29)21-32(28)23-10-4-2-5-11-23/h2,4-5,8-12,19H,3,6-7,13-18,20-21H2,1H3. The van der Waals surface area contributed by atoms with Gasteiger partial charge in [0.15, 0.2) is 0 Å². The molecule has 0 bridgehead atoms. The van der Waals surface area contributed by atoms with E-state index in [1.807, 2.05) is 52.3 Å². The van der Waals surface area contributed by atoms with E-state index in [9.17, 15) is 14.4 Å². The smallest absolute Gasteiger partial charge is 0.253 e. The average molecular weight is 491 g/mol. The van der Waals surface area contributed by atoms with E-state index in [1.54, 1.807) is 24.1 Å². The van der Waals surface area contributed by atoms with Crippen LogP contribution in [0, 0.1) is 0 Å². The zero-order valence-corrected chi connectivity index (χ0v) is 20.9. The number of piperidine rings is 2. The van der Waals surface area contributed by atoms with Crippen molar-refractivity contribution in [1.82, 2.24) is 14.7 Å². The predicted molar refractivity (Wildman–Crippen MR) is 137 cm³/mol. The number of anilines is 1. The van der Waals surface area contributed by atoms with E-state index in [4.69, 9.17) is 4.74 Å². The van der Waals surface area contributed by atoms with E-state index in [0.29, 0.717) is 43.9 Å². The van der Waals surface area contributed by atoms with Gasteiger partial charge < -0.3 is 24.3 Å². The molecule has 3 amide bonds. The number of para-hydroxylation sites is 1. The maximum absolute atomic E-state index is 13.9. The third kappa shape index (κ3) is 4.52. The van der Waals surface area contributed by atoms with Gasteiger partial charge in [0, 0.05) is 37.4 Å². The number of benzene rings is 2. The van der Waals surface area contributed by atoms with Gasteiger partial charge in [-0.1, -0.05) is 24.3 Å². The van der Waals surface area contributed by atoms with E-state index >= 15 is 0 Å². The summed E-state index contributed by atoms with van der Waals surface area (Å²) < 4.78 is 5.27. The van der Waals surface area contributed by atoms with E-state index in [2.05, 4.69) is 4.90 Å². The first-order valence-electron chi connectivity index (χ1n) is 12.8. The molecule has 3 fully saturated rings. The van der Waals surface area contributed by atoms with Crippen LogP contribution in [0.15, 0.2) is 54.6 Å². The zero-order chi connectivity index (χ0) is 25.1. The van der Waals surface area contributed by atoms with Crippen LogP contribution in [0.3, 0.4) is 0 Å². The Morgan fingerprint density at radius 1 is 0.889 bits per heavy atom. The van der Waals surface area contributed by atoms with Gasteiger partial charge in [-0.25, -0.2) is 0 Å². The predicted octanol–water partition coefficient (Wildman–Crippen LogP) is 2.99. The van der Waals surface area contributed by atoms with Gasteiger partial charge >= 0.3 is 0 Å². The number of carbonyl (C=O) groups excluding carboxylic acids is 3. The summed E-state index contributed by atoms with van der Waals surface area (Å²) in [4.78, 5) is 47.7. The van der Waals surface area contributed by atoms with Crippen molar-refractivity contribution in [2.24, 2.45) is 0 Å². The van der Waals surface area contributed by atoms with Crippen LogP contribution in [0.5, 0.6) is 5.75 Å². The maximum atomic E-state index is 13.9. The summed E-state index contributed by atoms with van der Waals surface area (Å²) in [6.45, 7) is 2.98. The zero-order valence-electron chi connectivity index (χ0n) is 20.9. The fourth-order valence-corrected chi connectivity index (χ4v) is 5.75. The molecular formula is C28H34N4O4. The minimum absolute atomic E-state index is 0.00908. The van der Waals surface area contributed by atoms with Crippen LogP contribution in [-0.4, -0.2) is 84.5 Å². The topological polar surface area (TPSA) is 73.4 Å². The van der Waals surface area contributed by atoms with Crippen molar-refractivity contribution in [1.29, 1.82) is 0 Å². The van der Waals surface area contributed by atoms with Gasteiger partial charge in [0.1, 0.15) is 17.8 Å². The molecule has 3 aliphatic rings. The van der Waals surface area contributed by atoms with Gasteiger partial charge in [0.25, 0.3) is 11.8 Å². The quantitative estimate of drug-likeness (QED) is 0.644. The third-order valence-electron chi connectivity index (χ3n) is 7.81. The van der Waals surface area contributed by atoms with Gasteiger partial charge in [0.2, 0.25) is 5.91 Å². The molecule has 0 N–H and O–H groups in total. The molecule has 0 atom stereocenters. The minimum atomic E-state index is -0.755. The molecule has 2 aromatic carbocycles. The molecule has 3 heterocycles. The van der Waals surface area contributed by atoms with Crippen LogP contribution >= 0.6 is 0 Å². The molecule has 0 unspecified atom stereocenters. The van der Waals surface area contributed by atoms with Gasteiger partial charge in [-0.2, -0.15) is 0 Å². The lowest BCUT2D eigenvalue weighted by atomic mass is 9.85. The summed E-state index contributed by atoms with van der Waals surface area (Å²) in [5.41, 5.74) is 0.789. The van der Waals surface area contributed by atoms with E-state index in [-0.39, 0.29) is 24.3 Å². The fourth-order valence-electron chi connectivity index (χ4n) is 5.75. The molecule has 5 rings (SSSR count). The van der Waals surface area contributed by atoms with Crippen molar-refractivity contribution in [3.8, 4) is 5.75 Å². The number of rotatable bonds is 5. The highest BCUT2D eigenvalue weighted by molar-refractivity contribution is 5.98. The molecule has 0 radical (unpaired) electrons. The number of methoxy groups -OCH3 is 1. The van der Waals surface area contributed by atoms with Crippen LogP contribution in [0.1, 0.15) is 42.5 Å². The maximum Gasteiger partial charge on any atom is 0.253 e. The summed E-state index contributed by atoms with van der Waals surface area (Å²) in [6.07, 6.45) is 4.24. The molecule has 190 valence electrons. The van der Waals surface area contributed by atoms with E-state index < -0.39 is 5.54 Å². The molecule has 8 heteroatoms. The van der Waals surface area contributed by atoms with Crippen LogP contribution in [0.2, 0.25) is 0 Å². The monoisotopic (exact) mass is 490 g/mol. The molecule has 8 nitrogen and oxygen atoms in total. The Balaban J connectivity index is 1.34. The number of hydrogen-bond donors (Lipinski definition) is 0. The molecule has 2 aromatic rings. The van der Waals surface area contributed by atoms with Gasteiger partial charge in [-0.15, -0.1) is 0 Å². The molecule has 0 aromatic heterocycles. The van der Waals surface area contributed by atoms with Crippen molar-refractivity contribution < 1.29 is 19.1 Å². The van der Waals surface area contributed by atoms with Crippen LogP contribution in [0.4, 0.5) is 5.69 Å². The largest absolute Gasteiger partial charge is 0.497 e. The van der Waals surface area contributed by atoms with Crippen molar-refractivity contribution >= 4 is 23.4 Å². The second-order valence-corrected chi connectivity index (χ2v) is 9.91. The second-order valence-electron chi connectivity index (χ2n) is 9.91. The normalized spacial score (nSPS) is 19.6. The first kappa shape index (κ1) is 24.2. The SMILES string of the molecule is COc1cccc(C(=O)N2CCC3(CC2)C(=O)N(CC(=O)N2CCCCC2)CN3c2ccccc2)c1. The van der Waals surface area contributed by atoms with Crippen LogP contribution in [0.25, 0.3) is 0 Å². The lowest BCUT2D eigenvalue weighted by Crippen LogP contribution is -2.57. The summed E-state index contributed by atoms with van der Waals surface area (Å²) in [6, 6.07) is 17.1. The first-order valence-corrected chi connectivity index (χ1v) is 12.8. The molecule has 1 spiro atoms. The number of hydrogen-bond acceptors (Lipinski definition) is 5. The Hall–Kier alpha value is -3.55. The Morgan fingerprint density at radius 2 is 1.61 bits per heavy atom. The highest BCUT2D eigenvalue weighted by Gasteiger charge is 2.54. The number of ether oxygens (including phenoxy) is 1. The average Bonchev–Trinajstić information content (AvgIpc) is 3.20.